The number of rotatable bonds is 5. The number of halogens is 1. The smallest absolute Gasteiger partial charge is 0.255 e. The molecule has 0 spiro atoms. The molecule has 0 N–H and O–H groups in total. The van der Waals surface area contributed by atoms with Gasteiger partial charge in [0.15, 0.2) is 0 Å². The van der Waals surface area contributed by atoms with Crippen LogP contribution in [0.2, 0.25) is 0 Å². The van der Waals surface area contributed by atoms with Gasteiger partial charge in [-0.25, -0.2) is 4.39 Å². The number of carbonyl (C=O) groups excluding carboxylic acids is 1. The summed E-state index contributed by atoms with van der Waals surface area (Å²) in [6.45, 7) is 8.19. The summed E-state index contributed by atoms with van der Waals surface area (Å²) < 4.78 is 19.8. The highest BCUT2D eigenvalue weighted by Crippen LogP contribution is 2.31. The van der Waals surface area contributed by atoms with E-state index in [2.05, 4.69) is 6.58 Å². The van der Waals surface area contributed by atoms with Gasteiger partial charge in [0.25, 0.3) is 5.91 Å². The van der Waals surface area contributed by atoms with Gasteiger partial charge in [0.1, 0.15) is 11.9 Å². The molecule has 3 nitrogen and oxygen atoms in total. The van der Waals surface area contributed by atoms with Crippen LogP contribution in [0.1, 0.15) is 30.9 Å². The summed E-state index contributed by atoms with van der Waals surface area (Å²) in [5, 5.41) is 0. The standard InChI is InChI=1S/C17H22FNO2/c1-4-5-9-21-13(3)17(20)19-8-6-7-14-10-12(2)11-15(18)16(14)19/h4,10-11,13H,1,5-9H2,2-3H3. The number of hydrogen-bond donors (Lipinski definition) is 0. The van der Waals surface area contributed by atoms with Gasteiger partial charge in [0.05, 0.1) is 12.3 Å². The topological polar surface area (TPSA) is 29.5 Å². The lowest BCUT2D eigenvalue weighted by Gasteiger charge is -2.32. The van der Waals surface area contributed by atoms with E-state index in [4.69, 9.17) is 4.74 Å². The van der Waals surface area contributed by atoms with Crippen LogP contribution in [0.3, 0.4) is 0 Å². The predicted molar refractivity (Wildman–Crippen MR) is 82.0 cm³/mol. The molecule has 1 unspecified atom stereocenters. The number of anilines is 1. The average molecular weight is 291 g/mol. The normalized spacial score (nSPS) is 15.5. The van der Waals surface area contributed by atoms with Gasteiger partial charge < -0.3 is 9.64 Å². The van der Waals surface area contributed by atoms with Crippen molar-refractivity contribution in [3.05, 3.63) is 41.7 Å². The Kier molecular flexibility index (Phi) is 5.12. The van der Waals surface area contributed by atoms with Crippen molar-refractivity contribution < 1.29 is 13.9 Å². The van der Waals surface area contributed by atoms with Gasteiger partial charge in [-0.2, -0.15) is 0 Å². The molecule has 114 valence electrons. The molecule has 1 aliphatic rings. The highest BCUT2D eigenvalue weighted by molar-refractivity contribution is 5.97. The lowest BCUT2D eigenvalue weighted by molar-refractivity contribution is -0.129. The van der Waals surface area contributed by atoms with Gasteiger partial charge in [-0.3, -0.25) is 4.79 Å². The zero-order valence-electron chi connectivity index (χ0n) is 12.7. The molecule has 21 heavy (non-hydrogen) atoms. The molecule has 0 saturated heterocycles. The first kappa shape index (κ1) is 15.7. The number of hydrogen-bond acceptors (Lipinski definition) is 2. The molecule has 0 saturated carbocycles. The lowest BCUT2D eigenvalue weighted by atomic mass is 9.98. The number of fused-ring (bicyclic) bond motifs is 1. The summed E-state index contributed by atoms with van der Waals surface area (Å²) in [4.78, 5) is 14.0. The molecule has 1 aliphatic heterocycles. The van der Waals surface area contributed by atoms with Crippen molar-refractivity contribution in [2.45, 2.75) is 39.2 Å². The maximum Gasteiger partial charge on any atom is 0.255 e. The third kappa shape index (κ3) is 3.50. The second-order valence-corrected chi connectivity index (χ2v) is 5.44. The minimum atomic E-state index is -0.573. The molecule has 0 bridgehead atoms. The van der Waals surface area contributed by atoms with Crippen molar-refractivity contribution in [1.82, 2.24) is 0 Å². The van der Waals surface area contributed by atoms with Gasteiger partial charge in [-0.05, 0) is 50.3 Å². The van der Waals surface area contributed by atoms with Crippen LogP contribution in [-0.2, 0) is 16.0 Å². The SMILES string of the molecule is C=CCCOC(C)C(=O)N1CCCc2cc(C)cc(F)c21. The Morgan fingerprint density at radius 1 is 1.57 bits per heavy atom. The van der Waals surface area contributed by atoms with E-state index in [1.165, 1.54) is 11.0 Å². The van der Waals surface area contributed by atoms with Crippen LogP contribution in [0.5, 0.6) is 0 Å². The molecule has 0 fully saturated rings. The fourth-order valence-electron chi connectivity index (χ4n) is 2.68. The number of benzene rings is 1. The second-order valence-electron chi connectivity index (χ2n) is 5.44. The van der Waals surface area contributed by atoms with E-state index < -0.39 is 6.10 Å². The van der Waals surface area contributed by atoms with E-state index in [1.807, 2.05) is 13.0 Å². The Labute approximate surface area is 125 Å². The summed E-state index contributed by atoms with van der Waals surface area (Å²) in [6.07, 6.45) is 3.53. The lowest BCUT2D eigenvalue weighted by Crippen LogP contribution is -2.42. The number of amides is 1. The molecule has 4 heteroatoms. The van der Waals surface area contributed by atoms with E-state index in [9.17, 15) is 9.18 Å². The van der Waals surface area contributed by atoms with Crippen LogP contribution in [0.4, 0.5) is 10.1 Å². The van der Waals surface area contributed by atoms with Crippen LogP contribution < -0.4 is 4.90 Å². The van der Waals surface area contributed by atoms with Crippen molar-refractivity contribution in [3.8, 4) is 0 Å². The van der Waals surface area contributed by atoms with E-state index in [0.29, 0.717) is 25.3 Å². The Morgan fingerprint density at radius 2 is 2.33 bits per heavy atom. The van der Waals surface area contributed by atoms with E-state index in [0.717, 1.165) is 24.0 Å². The monoisotopic (exact) mass is 291 g/mol. The highest BCUT2D eigenvalue weighted by atomic mass is 19.1. The van der Waals surface area contributed by atoms with E-state index in [-0.39, 0.29) is 11.7 Å². The van der Waals surface area contributed by atoms with Gasteiger partial charge in [0, 0.05) is 6.54 Å². The predicted octanol–water partition coefficient (Wildman–Crippen LogP) is 3.39. The molecule has 1 atom stereocenters. The van der Waals surface area contributed by atoms with E-state index in [1.54, 1.807) is 13.0 Å². The molecule has 1 aromatic carbocycles. The zero-order valence-corrected chi connectivity index (χ0v) is 12.7. The van der Waals surface area contributed by atoms with Gasteiger partial charge in [0.2, 0.25) is 0 Å². The minimum absolute atomic E-state index is 0.178. The zero-order chi connectivity index (χ0) is 15.4. The van der Waals surface area contributed by atoms with Gasteiger partial charge in [-0.15, -0.1) is 6.58 Å². The number of nitrogens with zero attached hydrogens (tertiary/aromatic N) is 1. The Morgan fingerprint density at radius 3 is 3.05 bits per heavy atom. The van der Waals surface area contributed by atoms with Gasteiger partial charge >= 0.3 is 0 Å². The summed E-state index contributed by atoms with van der Waals surface area (Å²) in [6, 6.07) is 3.44. The van der Waals surface area contributed by atoms with Crippen LogP contribution in [-0.4, -0.2) is 25.2 Å². The van der Waals surface area contributed by atoms with Crippen molar-refractivity contribution in [2.75, 3.05) is 18.1 Å². The first-order valence-corrected chi connectivity index (χ1v) is 7.37. The Hall–Kier alpha value is -1.68. The van der Waals surface area contributed by atoms with Crippen LogP contribution in [0, 0.1) is 12.7 Å². The maximum absolute atomic E-state index is 14.3. The molecule has 0 radical (unpaired) electrons. The van der Waals surface area contributed by atoms with Gasteiger partial charge in [-0.1, -0.05) is 12.1 Å². The third-order valence-electron chi connectivity index (χ3n) is 3.69. The minimum Gasteiger partial charge on any atom is -0.368 e. The number of aryl methyl sites for hydroxylation is 2. The molecule has 1 heterocycles. The molecule has 1 aromatic rings. The molecule has 0 aromatic heterocycles. The van der Waals surface area contributed by atoms with Crippen LogP contribution in [0.15, 0.2) is 24.8 Å². The van der Waals surface area contributed by atoms with Crippen LogP contribution >= 0.6 is 0 Å². The van der Waals surface area contributed by atoms with Crippen LogP contribution in [0.25, 0.3) is 0 Å². The second kappa shape index (κ2) is 6.85. The third-order valence-corrected chi connectivity index (χ3v) is 3.69. The number of ether oxygens (including phenoxy) is 1. The Bertz CT molecular complexity index is 542. The number of carbonyl (C=O) groups is 1. The molecular weight excluding hydrogens is 269 g/mol. The Balaban J connectivity index is 2.19. The summed E-state index contributed by atoms with van der Waals surface area (Å²) in [5.74, 6) is -0.501. The summed E-state index contributed by atoms with van der Waals surface area (Å²) in [5.41, 5.74) is 2.22. The summed E-state index contributed by atoms with van der Waals surface area (Å²) >= 11 is 0. The first-order valence-electron chi connectivity index (χ1n) is 7.37. The molecule has 2 rings (SSSR count). The summed E-state index contributed by atoms with van der Waals surface area (Å²) in [7, 11) is 0. The average Bonchev–Trinajstić information content (AvgIpc) is 2.45. The van der Waals surface area contributed by atoms with Crippen molar-refractivity contribution in [2.24, 2.45) is 0 Å². The van der Waals surface area contributed by atoms with Crippen molar-refractivity contribution >= 4 is 11.6 Å². The fourth-order valence-corrected chi connectivity index (χ4v) is 2.68. The maximum atomic E-state index is 14.3. The molecular formula is C17H22FNO2. The fraction of sp³-hybridized carbons (Fsp3) is 0.471. The van der Waals surface area contributed by atoms with Crippen molar-refractivity contribution in [1.29, 1.82) is 0 Å². The van der Waals surface area contributed by atoms with E-state index >= 15 is 0 Å². The largest absolute Gasteiger partial charge is 0.368 e. The van der Waals surface area contributed by atoms with Crippen molar-refractivity contribution in [3.63, 3.8) is 0 Å². The quantitative estimate of drug-likeness (QED) is 0.615. The highest BCUT2D eigenvalue weighted by Gasteiger charge is 2.29. The molecule has 0 aliphatic carbocycles. The first-order chi connectivity index (χ1) is 10.0. The molecule has 1 amide bonds.